The van der Waals surface area contributed by atoms with E-state index in [2.05, 4.69) is 6.92 Å². The molecule has 0 saturated carbocycles. The first-order valence-corrected chi connectivity index (χ1v) is 5.31. The van der Waals surface area contributed by atoms with E-state index >= 15 is 0 Å². The Kier molecular flexibility index (Phi) is 5.20. The Hall–Kier alpha value is -0.915. The maximum atomic E-state index is 5.57. The minimum absolute atomic E-state index is 0.781. The summed E-state index contributed by atoms with van der Waals surface area (Å²) < 4.78 is 5.55. The van der Waals surface area contributed by atoms with Crippen LogP contribution >= 0.6 is 0 Å². The minimum atomic E-state index is 0.781. The quantitative estimate of drug-likeness (QED) is 0.492. The molecule has 0 heterocycles. The van der Waals surface area contributed by atoms with Crippen molar-refractivity contribution < 1.29 is 4.74 Å². The highest BCUT2D eigenvalue weighted by atomic mass is 16.5. The van der Waals surface area contributed by atoms with Crippen LogP contribution in [0.4, 0.5) is 0 Å². The van der Waals surface area contributed by atoms with Gasteiger partial charge in [-0.15, -0.1) is 0 Å². The van der Waals surface area contributed by atoms with Crippen molar-refractivity contribution in [3.05, 3.63) is 24.3 Å². The summed E-state index contributed by atoms with van der Waals surface area (Å²) in [4.78, 5) is 0. The fourth-order valence-corrected chi connectivity index (χ4v) is 1.28. The maximum Gasteiger partial charge on any atom is 0.119 e. The van der Waals surface area contributed by atoms with Crippen molar-refractivity contribution in [2.45, 2.75) is 32.6 Å². The Labute approximate surface area is 87.9 Å². The third kappa shape index (κ3) is 4.36. The predicted octanol–water partition coefficient (Wildman–Crippen LogP) is 2.44. The molecule has 14 heavy (non-hydrogen) atoms. The first kappa shape index (κ1) is 11.2. The molecule has 0 aliphatic heterocycles. The first-order chi connectivity index (χ1) is 6.83. The van der Waals surface area contributed by atoms with Crippen molar-refractivity contribution in [1.82, 2.24) is 0 Å². The molecular formula is C12H17BO. The third-order valence-electron chi connectivity index (χ3n) is 2.15. The number of hydrogen-bond acceptors (Lipinski definition) is 1. The van der Waals surface area contributed by atoms with Crippen LogP contribution in [0, 0.1) is 0 Å². The Morgan fingerprint density at radius 1 is 1.07 bits per heavy atom. The van der Waals surface area contributed by atoms with Gasteiger partial charge < -0.3 is 4.74 Å². The van der Waals surface area contributed by atoms with E-state index in [0.29, 0.717) is 0 Å². The van der Waals surface area contributed by atoms with Crippen molar-refractivity contribution in [3.63, 3.8) is 0 Å². The molecule has 0 amide bonds. The molecule has 0 spiro atoms. The lowest BCUT2D eigenvalue weighted by Gasteiger charge is -2.05. The molecule has 0 unspecified atom stereocenters. The molecule has 2 radical (unpaired) electrons. The topological polar surface area (TPSA) is 9.23 Å². The summed E-state index contributed by atoms with van der Waals surface area (Å²) >= 11 is 0. The van der Waals surface area contributed by atoms with Crippen LogP contribution in [0.3, 0.4) is 0 Å². The van der Waals surface area contributed by atoms with E-state index in [4.69, 9.17) is 12.6 Å². The Balaban J connectivity index is 2.15. The van der Waals surface area contributed by atoms with Crippen LogP contribution in [-0.2, 0) is 0 Å². The van der Waals surface area contributed by atoms with Gasteiger partial charge in [0.1, 0.15) is 13.6 Å². The monoisotopic (exact) mass is 188 g/mol. The highest BCUT2D eigenvalue weighted by Crippen LogP contribution is 2.08. The molecule has 0 aliphatic carbocycles. The summed E-state index contributed by atoms with van der Waals surface area (Å²) in [6.45, 7) is 3.02. The van der Waals surface area contributed by atoms with Gasteiger partial charge in [0, 0.05) is 0 Å². The normalized spacial score (nSPS) is 10.1. The minimum Gasteiger partial charge on any atom is -0.494 e. The zero-order valence-corrected chi connectivity index (χ0v) is 8.83. The first-order valence-electron chi connectivity index (χ1n) is 5.31. The van der Waals surface area contributed by atoms with Gasteiger partial charge >= 0.3 is 0 Å². The fourth-order valence-electron chi connectivity index (χ4n) is 1.28. The molecule has 1 nitrogen and oxygen atoms in total. The standard InChI is InChI=1S/C12H17BO/c1-2-3-4-5-10-14-12-8-6-11(13)7-9-12/h6-9H,2-5,10H2,1H3. The lowest BCUT2D eigenvalue weighted by Crippen LogP contribution is -2.02. The zero-order valence-electron chi connectivity index (χ0n) is 8.83. The summed E-state index contributed by atoms with van der Waals surface area (Å²) in [5.74, 6) is 0.913. The second-order valence-corrected chi connectivity index (χ2v) is 3.48. The largest absolute Gasteiger partial charge is 0.494 e. The molecule has 74 valence electrons. The molecule has 0 fully saturated rings. The molecule has 0 aliphatic rings. The van der Waals surface area contributed by atoms with Crippen LogP contribution in [0.5, 0.6) is 5.75 Å². The van der Waals surface area contributed by atoms with Crippen LogP contribution in [0.1, 0.15) is 32.6 Å². The number of rotatable bonds is 6. The van der Waals surface area contributed by atoms with Crippen molar-refractivity contribution in [2.24, 2.45) is 0 Å². The van der Waals surface area contributed by atoms with Gasteiger partial charge in [0.15, 0.2) is 0 Å². The van der Waals surface area contributed by atoms with Gasteiger partial charge in [-0.05, 0) is 18.6 Å². The van der Waals surface area contributed by atoms with Crippen LogP contribution in [0.25, 0.3) is 0 Å². The molecule has 0 aromatic heterocycles. The number of benzene rings is 1. The Morgan fingerprint density at radius 2 is 1.79 bits per heavy atom. The van der Waals surface area contributed by atoms with E-state index in [1.165, 1.54) is 19.3 Å². The molecule has 1 aromatic carbocycles. The molecule has 1 aromatic rings. The summed E-state index contributed by atoms with van der Waals surface area (Å²) in [6, 6.07) is 7.55. The summed E-state index contributed by atoms with van der Waals surface area (Å²) in [6.07, 6.45) is 4.96. The Bertz CT molecular complexity index is 243. The fraction of sp³-hybridized carbons (Fsp3) is 0.500. The van der Waals surface area contributed by atoms with E-state index in [1.54, 1.807) is 0 Å². The summed E-state index contributed by atoms with van der Waals surface area (Å²) in [5, 5.41) is 0. The third-order valence-corrected chi connectivity index (χ3v) is 2.15. The SMILES string of the molecule is [B]c1ccc(OCCCCCC)cc1. The summed E-state index contributed by atoms with van der Waals surface area (Å²) in [7, 11) is 5.57. The lowest BCUT2D eigenvalue weighted by molar-refractivity contribution is 0.305. The van der Waals surface area contributed by atoms with E-state index in [0.717, 1.165) is 24.2 Å². The molecule has 1 rings (SSSR count). The smallest absolute Gasteiger partial charge is 0.119 e. The van der Waals surface area contributed by atoms with Gasteiger partial charge in [-0.25, -0.2) is 0 Å². The predicted molar refractivity (Wildman–Crippen MR) is 61.5 cm³/mol. The number of unbranched alkanes of at least 4 members (excludes halogenated alkanes) is 3. The molecule has 0 atom stereocenters. The summed E-state index contributed by atoms with van der Waals surface area (Å²) in [5.41, 5.74) is 0.781. The van der Waals surface area contributed by atoms with E-state index < -0.39 is 0 Å². The van der Waals surface area contributed by atoms with Crippen LogP contribution in [0.15, 0.2) is 24.3 Å². The maximum absolute atomic E-state index is 5.57. The Morgan fingerprint density at radius 3 is 2.43 bits per heavy atom. The lowest BCUT2D eigenvalue weighted by atomic mass is 9.97. The average molecular weight is 188 g/mol. The van der Waals surface area contributed by atoms with E-state index in [1.807, 2.05) is 24.3 Å². The highest BCUT2D eigenvalue weighted by Gasteiger charge is 1.92. The molecule has 0 bridgehead atoms. The molecular weight excluding hydrogens is 171 g/mol. The van der Waals surface area contributed by atoms with Crippen molar-refractivity contribution >= 4 is 13.3 Å². The van der Waals surface area contributed by atoms with Crippen LogP contribution in [0.2, 0.25) is 0 Å². The van der Waals surface area contributed by atoms with Gasteiger partial charge in [0.05, 0.1) is 6.61 Å². The van der Waals surface area contributed by atoms with Crippen molar-refractivity contribution in [3.8, 4) is 5.75 Å². The number of hydrogen-bond donors (Lipinski definition) is 0. The van der Waals surface area contributed by atoms with Gasteiger partial charge in [0.2, 0.25) is 0 Å². The van der Waals surface area contributed by atoms with Gasteiger partial charge in [-0.1, -0.05) is 43.8 Å². The number of ether oxygens (including phenoxy) is 1. The highest BCUT2D eigenvalue weighted by molar-refractivity contribution is 6.32. The zero-order chi connectivity index (χ0) is 10.2. The molecule has 0 N–H and O–H groups in total. The second kappa shape index (κ2) is 6.53. The van der Waals surface area contributed by atoms with Crippen molar-refractivity contribution in [1.29, 1.82) is 0 Å². The van der Waals surface area contributed by atoms with Crippen LogP contribution in [-0.4, -0.2) is 14.5 Å². The molecule has 0 saturated heterocycles. The molecule has 2 heteroatoms. The van der Waals surface area contributed by atoms with Crippen LogP contribution < -0.4 is 10.2 Å². The van der Waals surface area contributed by atoms with E-state index in [-0.39, 0.29) is 0 Å². The van der Waals surface area contributed by atoms with E-state index in [9.17, 15) is 0 Å². The second-order valence-electron chi connectivity index (χ2n) is 3.48. The van der Waals surface area contributed by atoms with Crippen molar-refractivity contribution in [2.75, 3.05) is 6.61 Å². The van der Waals surface area contributed by atoms with Gasteiger partial charge in [0.25, 0.3) is 0 Å². The van der Waals surface area contributed by atoms with Gasteiger partial charge in [-0.2, -0.15) is 0 Å². The van der Waals surface area contributed by atoms with Gasteiger partial charge in [-0.3, -0.25) is 0 Å². The average Bonchev–Trinajstić information content (AvgIpc) is 2.21.